The molecule has 0 bridgehead atoms. The fourth-order valence-corrected chi connectivity index (χ4v) is 4.59. The molecule has 0 saturated carbocycles. The largest absolute Gasteiger partial charge is 0.375 e. The summed E-state index contributed by atoms with van der Waals surface area (Å²) in [5, 5.41) is 9.62. The van der Waals surface area contributed by atoms with Crippen LogP contribution in [0.1, 0.15) is 44.0 Å². The van der Waals surface area contributed by atoms with Gasteiger partial charge in [-0.05, 0) is 50.6 Å². The average molecular weight is 443 g/mol. The van der Waals surface area contributed by atoms with Crippen LogP contribution in [0.5, 0.6) is 0 Å². The summed E-state index contributed by atoms with van der Waals surface area (Å²) in [6, 6.07) is 8.90. The highest BCUT2D eigenvalue weighted by Gasteiger charge is 2.21. The third kappa shape index (κ3) is 4.20. The van der Waals surface area contributed by atoms with E-state index in [1.54, 1.807) is 6.33 Å². The number of allylic oxidation sites excluding steroid dienone is 1. The van der Waals surface area contributed by atoms with Crippen molar-refractivity contribution in [3.63, 3.8) is 0 Å². The highest BCUT2D eigenvalue weighted by Crippen LogP contribution is 2.31. The van der Waals surface area contributed by atoms with Crippen LogP contribution in [0.2, 0.25) is 0 Å². The van der Waals surface area contributed by atoms with Crippen LogP contribution in [0.25, 0.3) is 21.9 Å². The van der Waals surface area contributed by atoms with Crippen molar-refractivity contribution in [2.45, 2.75) is 45.7 Å². The van der Waals surface area contributed by atoms with Crippen molar-refractivity contribution < 1.29 is 0 Å². The zero-order valence-electron chi connectivity index (χ0n) is 19.4. The van der Waals surface area contributed by atoms with Gasteiger partial charge in [-0.25, -0.2) is 19.9 Å². The van der Waals surface area contributed by atoms with Crippen molar-refractivity contribution in [2.24, 2.45) is 0 Å². The maximum Gasteiger partial charge on any atom is 0.162 e. The van der Waals surface area contributed by atoms with Crippen LogP contribution >= 0.6 is 0 Å². The summed E-state index contributed by atoms with van der Waals surface area (Å²) in [5.74, 6) is 1.65. The van der Waals surface area contributed by atoms with Crippen molar-refractivity contribution in [1.82, 2.24) is 29.8 Å². The number of nitrogens with zero attached hydrogens (tertiary/aromatic N) is 5. The molecular formula is C25H30N8. The Bertz CT molecular complexity index is 1300. The second-order valence-corrected chi connectivity index (χ2v) is 8.90. The summed E-state index contributed by atoms with van der Waals surface area (Å²) < 4.78 is 0. The number of anilines is 2. The second-order valence-electron chi connectivity index (χ2n) is 8.90. The van der Waals surface area contributed by atoms with Gasteiger partial charge < -0.3 is 20.5 Å². The molecule has 0 amide bonds. The van der Waals surface area contributed by atoms with Gasteiger partial charge in [0.25, 0.3) is 0 Å². The normalized spacial score (nSPS) is 15.7. The lowest BCUT2D eigenvalue weighted by Crippen LogP contribution is -2.38. The number of fused-ring (bicyclic) bond motifs is 2. The highest BCUT2D eigenvalue weighted by molar-refractivity contribution is 5.95. The average Bonchev–Trinajstić information content (AvgIpc) is 3.29. The number of aromatic nitrogens is 5. The Morgan fingerprint density at radius 3 is 2.79 bits per heavy atom. The van der Waals surface area contributed by atoms with Gasteiger partial charge in [0, 0.05) is 30.2 Å². The number of hydrogen-bond acceptors (Lipinski definition) is 7. The van der Waals surface area contributed by atoms with Crippen molar-refractivity contribution in [2.75, 3.05) is 23.7 Å². The van der Waals surface area contributed by atoms with Gasteiger partial charge in [0.15, 0.2) is 11.5 Å². The number of nitrogens with one attached hydrogen (secondary N) is 3. The maximum atomic E-state index is 5.10. The molecule has 1 aliphatic rings. The SMILES string of the molecule is C=C(C)N1CCC(Nc2nc(C(C)Nc3ncnc4[nH]cnc34)cc3cccc(C)c23)CC1. The fourth-order valence-electron chi connectivity index (χ4n) is 4.59. The van der Waals surface area contributed by atoms with Gasteiger partial charge in [0.05, 0.1) is 18.1 Å². The number of aryl methyl sites for hydroxylation is 1. The van der Waals surface area contributed by atoms with Crippen LogP contribution < -0.4 is 10.6 Å². The summed E-state index contributed by atoms with van der Waals surface area (Å²) in [7, 11) is 0. The van der Waals surface area contributed by atoms with E-state index in [9.17, 15) is 0 Å². The number of piperidine rings is 1. The second kappa shape index (κ2) is 8.69. The summed E-state index contributed by atoms with van der Waals surface area (Å²) >= 11 is 0. The standard InChI is InChI=1S/C25H30N8/c1-15(2)33-10-8-19(9-11-33)31-23-21-16(3)6-5-7-18(21)12-20(32-23)17(4)30-25-22-24(27-13-26-22)28-14-29-25/h5-7,12-14,17,19H,1,8-11H2,2-4H3,(H,31,32)(H2,26,27,28,29,30). The first kappa shape index (κ1) is 21.2. The van der Waals surface area contributed by atoms with Crippen molar-refractivity contribution in [3.05, 3.63) is 60.5 Å². The van der Waals surface area contributed by atoms with Crippen molar-refractivity contribution in [3.8, 4) is 0 Å². The molecule has 1 unspecified atom stereocenters. The van der Waals surface area contributed by atoms with Crippen molar-refractivity contribution in [1.29, 1.82) is 0 Å². The minimum Gasteiger partial charge on any atom is -0.375 e. The Labute approximate surface area is 193 Å². The Kier molecular flexibility index (Phi) is 5.58. The number of benzene rings is 1. The molecule has 0 spiro atoms. The lowest BCUT2D eigenvalue weighted by Gasteiger charge is -2.34. The number of hydrogen-bond donors (Lipinski definition) is 3. The van der Waals surface area contributed by atoms with Crippen LogP contribution in [-0.4, -0.2) is 49.0 Å². The van der Waals surface area contributed by atoms with Gasteiger partial charge >= 0.3 is 0 Å². The lowest BCUT2D eigenvalue weighted by molar-refractivity contribution is 0.273. The molecule has 1 saturated heterocycles. The molecule has 0 aliphatic carbocycles. The quantitative estimate of drug-likeness (QED) is 0.395. The number of likely N-dealkylation sites (tertiary alicyclic amines) is 1. The first-order valence-corrected chi connectivity index (χ1v) is 11.5. The fraction of sp³-hybridized carbons (Fsp3) is 0.360. The number of pyridine rings is 1. The van der Waals surface area contributed by atoms with E-state index in [0.29, 0.717) is 17.5 Å². The van der Waals surface area contributed by atoms with Crippen molar-refractivity contribution >= 4 is 33.6 Å². The molecule has 1 aromatic carbocycles. The molecule has 1 fully saturated rings. The smallest absolute Gasteiger partial charge is 0.162 e. The summed E-state index contributed by atoms with van der Waals surface area (Å²) in [6.45, 7) is 12.5. The maximum absolute atomic E-state index is 5.10. The van der Waals surface area contributed by atoms with E-state index in [4.69, 9.17) is 4.98 Å². The molecule has 0 radical (unpaired) electrons. The first-order valence-electron chi connectivity index (χ1n) is 11.5. The van der Waals surface area contributed by atoms with Crippen LogP contribution in [0.4, 0.5) is 11.6 Å². The van der Waals surface area contributed by atoms with E-state index >= 15 is 0 Å². The lowest BCUT2D eigenvalue weighted by atomic mass is 10.0. The van der Waals surface area contributed by atoms with Gasteiger partial charge in [0.1, 0.15) is 17.7 Å². The van der Waals surface area contributed by atoms with Gasteiger partial charge in [0.2, 0.25) is 0 Å². The van der Waals surface area contributed by atoms with Crippen LogP contribution in [0.15, 0.2) is 49.2 Å². The number of aromatic amines is 1. The summed E-state index contributed by atoms with van der Waals surface area (Å²) in [4.78, 5) is 23.5. The van der Waals surface area contributed by atoms with Crippen LogP contribution in [-0.2, 0) is 0 Å². The highest BCUT2D eigenvalue weighted by atomic mass is 15.2. The summed E-state index contributed by atoms with van der Waals surface area (Å²) in [6.07, 6.45) is 5.31. The van der Waals surface area contributed by atoms with E-state index in [2.05, 4.69) is 87.1 Å². The monoisotopic (exact) mass is 442 g/mol. The Morgan fingerprint density at radius 1 is 1.18 bits per heavy atom. The zero-order valence-corrected chi connectivity index (χ0v) is 19.4. The summed E-state index contributed by atoms with van der Waals surface area (Å²) in [5.41, 5.74) is 4.76. The Hall–Kier alpha value is -3.68. The van der Waals surface area contributed by atoms with Gasteiger partial charge in [-0.2, -0.15) is 0 Å². The predicted octanol–water partition coefficient (Wildman–Crippen LogP) is 4.79. The van der Waals surface area contributed by atoms with E-state index in [1.807, 2.05) is 0 Å². The van der Waals surface area contributed by atoms with E-state index in [-0.39, 0.29) is 6.04 Å². The molecule has 3 N–H and O–H groups in total. The van der Waals surface area contributed by atoms with Crippen LogP contribution in [0.3, 0.4) is 0 Å². The minimum atomic E-state index is -0.0597. The van der Waals surface area contributed by atoms with Gasteiger partial charge in [-0.1, -0.05) is 24.8 Å². The number of rotatable bonds is 6. The molecule has 1 atom stereocenters. The van der Waals surface area contributed by atoms with Gasteiger partial charge in [-0.3, -0.25) is 0 Å². The zero-order chi connectivity index (χ0) is 22.9. The molecular weight excluding hydrogens is 412 g/mol. The molecule has 5 rings (SSSR count). The van der Waals surface area contributed by atoms with Crippen LogP contribution in [0, 0.1) is 6.92 Å². The predicted molar refractivity (Wildman–Crippen MR) is 133 cm³/mol. The Morgan fingerprint density at radius 2 is 2.00 bits per heavy atom. The molecule has 8 heteroatoms. The molecule has 3 aromatic heterocycles. The molecule has 4 heterocycles. The molecule has 33 heavy (non-hydrogen) atoms. The van der Waals surface area contributed by atoms with Gasteiger partial charge in [-0.15, -0.1) is 0 Å². The molecule has 1 aliphatic heterocycles. The van der Waals surface area contributed by atoms with E-state index in [1.165, 1.54) is 22.7 Å². The third-order valence-corrected chi connectivity index (χ3v) is 6.48. The molecule has 4 aromatic rings. The topological polar surface area (TPSA) is 94.6 Å². The Balaban J connectivity index is 1.45. The molecule has 8 nitrogen and oxygen atoms in total. The third-order valence-electron chi connectivity index (χ3n) is 6.48. The number of imidazole rings is 1. The van der Waals surface area contributed by atoms with E-state index in [0.717, 1.165) is 48.7 Å². The number of H-pyrrole nitrogens is 1. The molecule has 170 valence electrons. The first-order chi connectivity index (χ1) is 16.0. The minimum absolute atomic E-state index is 0.0597. The van der Waals surface area contributed by atoms with E-state index < -0.39 is 0 Å².